The van der Waals surface area contributed by atoms with Gasteiger partial charge in [0, 0.05) is 31.6 Å². The van der Waals surface area contributed by atoms with Crippen LogP contribution in [-0.4, -0.2) is 47.9 Å². The van der Waals surface area contributed by atoms with Gasteiger partial charge in [-0.3, -0.25) is 19.7 Å². The highest BCUT2D eigenvalue weighted by atomic mass is 16.6. The monoisotopic (exact) mass is 519 g/mol. The van der Waals surface area contributed by atoms with Gasteiger partial charge in [-0.25, -0.2) is 0 Å². The zero-order valence-electron chi connectivity index (χ0n) is 21.8. The molecule has 0 aliphatic heterocycles. The summed E-state index contributed by atoms with van der Waals surface area (Å²) in [4.78, 5) is 39.2. The number of nitro groups is 1. The minimum atomic E-state index is -0.779. The number of hydrogen-bond donors (Lipinski definition) is 1. The smallest absolute Gasteiger partial charge is 0.311 e. The van der Waals surface area contributed by atoms with Gasteiger partial charge in [0.15, 0.2) is 6.61 Å². The molecule has 2 amide bonds. The van der Waals surface area contributed by atoms with Crippen molar-refractivity contribution < 1.29 is 24.0 Å². The number of nitrogens with one attached hydrogen (secondary N) is 1. The van der Waals surface area contributed by atoms with E-state index in [9.17, 15) is 19.7 Å². The second-order valence-electron chi connectivity index (χ2n) is 9.23. The van der Waals surface area contributed by atoms with Crippen molar-refractivity contribution in [1.29, 1.82) is 0 Å². The number of ether oxygens (including phenoxy) is 2. The summed E-state index contributed by atoms with van der Waals surface area (Å²) in [6.07, 6.45) is 0.328. The lowest BCUT2D eigenvalue weighted by Crippen LogP contribution is -2.52. The van der Waals surface area contributed by atoms with Gasteiger partial charge in [-0.1, -0.05) is 74.5 Å². The van der Waals surface area contributed by atoms with Crippen LogP contribution in [0.5, 0.6) is 11.5 Å². The minimum absolute atomic E-state index is 0.0242. The molecule has 0 saturated carbocycles. The summed E-state index contributed by atoms with van der Waals surface area (Å²) in [5.74, 6) is -0.133. The Morgan fingerprint density at radius 3 is 2.18 bits per heavy atom. The molecule has 0 aromatic heterocycles. The lowest BCUT2D eigenvalue weighted by molar-refractivity contribution is -0.385. The SMILES string of the molecule is COc1cc(OCC(=O)N(Cc2ccccc2)[C@@H](Cc2ccccc2)C(=O)NCC(C)C)ccc1[N+](=O)[O-]. The summed E-state index contributed by atoms with van der Waals surface area (Å²) in [7, 11) is 1.32. The first-order valence-electron chi connectivity index (χ1n) is 12.4. The maximum Gasteiger partial charge on any atom is 0.311 e. The number of carbonyl (C=O) groups is 2. The third kappa shape index (κ3) is 8.06. The summed E-state index contributed by atoms with van der Waals surface area (Å²) in [5, 5.41) is 14.2. The van der Waals surface area contributed by atoms with Crippen LogP contribution in [0.1, 0.15) is 25.0 Å². The molecule has 0 spiro atoms. The quantitative estimate of drug-likeness (QED) is 0.265. The van der Waals surface area contributed by atoms with E-state index in [4.69, 9.17) is 9.47 Å². The number of nitro benzene ring substituents is 1. The minimum Gasteiger partial charge on any atom is -0.490 e. The first-order chi connectivity index (χ1) is 18.3. The molecule has 0 bridgehead atoms. The lowest BCUT2D eigenvalue weighted by Gasteiger charge is -2.31. The number of carbonyl (C=O) groups excluding carboxylic acids is 2. The van der Waals surface area contributed by atoms with Crippen molar-refractivity contribution in [3.05, 3.63) is 100 Å². The predicted octanol–water partition coefficient (Wildman–Crippen LogP) is 4.39. The van der Waals surface area contributed by atoms with E-state index in [2.05, 4.69) is 5.32 Å². The van der Waals surface area contributed by atoms with Crippen molar-refractivity contribution in [3.63, 3.8) is 0 Å². The average molecular weight is 520 g/mol. The maximum absolute atomic E-state index is 13.6. The highest BCUT2D eigenvalue weighted by Gasteiger charge is 2.31. The van der Waals surface area contributed by atoms with Crippen LogP contribution in [0, 0.1) is 16.0 Å². The van der Waals surface area contributed by atoms with Gasteiger partial charge < -0.3 is 19.7 Å². The highest BCUT2D eigenvalue weighted by molar-refractivity contribution is 5.88. The molecular weight excluding hydrogens is 486 g/mol. The molecule has 9 nitrogen and oxygen atoms in total. The van der Waals surface area contributed by atoms with E-state index in [1.165, 1.54) is 30.2 Å². The van der Waals surface area contributed by atoms with Crippen molar-refractivity contribution in [2.24, 2.45) is 5.92 Å². The van der Waals surface area contributed by atoms with Gasteiger partial charge >= 0.3 is 5.69 Å². The first-order valence-corrected chi connectivity index (χ1v) is 12.4. The van der Waals surface area contributed by atoms with E-state index in [-0.39, 0.29) is 42.2 Å². The fourth-order valence-corrected chi connectivity index (χ4v) is 3.88. The molecule has 0 radical (unpaired) electrons. The molecule has 3 aromatic carbocycles. The van der Waals surface area contributed by atoms with Crippen molar-refractivity contribution in [2.45, 2.75) is 32.9 Å². The third-order valence-electron chi connectivity index (χ3n) is 5.86. The molecule has 3 rings (SSSR count). The van der Waals surface area contributed by atoms with Crippen molar-refractivity contribution in [3.8, 4) is 11.5 Å². The van der Waals surface area contributed by atoms with Gasteiger partial charge in [0.05, 0.1) is 12.0 Å². The summed E-state index contributed by atoms with van der Waals surface area (Å²) >= 11 is 0. The first kappa shape index (κ1) is 28.2. The zero-order chi connectivity index (χ0) is 27.5. The molecule has 0 aliphatic rings. The van der Waals surface area contributed by atoms with E-state index < -0.39 is 16.9 Å². The number of methoxy groups -OCH3 is 1. The Hall–Kier alpha value is -4.40. The van der Waals surface area contributed by atoms with Gasteiger partial charge in [-0.05, 0) is 23.1 Å². The van der Waals surface area contributed by atoms with E-state index in [1.54, 1.807) is 0 Å². The Morgan fingerprint density at radius 2 is 1.61 bits per heavy atom. The highest BCUT2D eigenvalue weighted by Crippen LogP contribution is 2.30. The van der Waals surface area contributed by atoms with Crippen LogP contribution in [0.3, 0.4) is 0 Å². The molecule has 0 fully saturated rings. The van der Waals surface area contributed by atoms with E-state index in [0.717, 1.165) is 11.1 Å². The van der Waals surface area contributed by atoms with Crippen LogP contribution in [-0.2, 0) is 22.6 Å². The fourth-order valence-electron chi connectivity index (χ4n) is 3.88. The molecule has 200 valence electrons. The molecule has 0 unspecified atom stereocenters. The van der Waals surface area contributed by atoms with Gasteiger partial charge in [-0.2, -0.15) is 0 Å². The lowest BCUT2D eigenvalue weighted by atomic mass is 10.0. The van der Waals surface area contributed by atoms with Crippen LogP contribution in [0.25, 0.3) is 0 Å². The number of amides is 2. The number of rotatable bonds is 13. The molecule has 0 saturated heterocycles. The third-order valence-corrected chi connectivity index (χ3v) is 5.86. The predicted molar refractivity (Wildman–Crippen MR) is 144 cm³/mol. The van der Waals surface area contributed by atoms with Gasteiger partial charge in [0.2, 0.25) is 11.7 Å². The van der Waals surface area contributed by atoms with Crippen LogP contribution in [0.4, 0.5) is 5.69 Å². The summed E-state index contributed by atoms with van der Waals surface area (Å²) in [5.41, 5.74) is 1.58. The average Bonchev–Trinajstić information content (AvgIpc) is 2.93. The Kier molecular flexibility index (Phi) is 10.2. The Balaban J connectivity index is 1.88. The molecule has 3 aromatic rings. The second-order valence-corrected chi connectivity index (χ2v) is 9.23. The number of nitrogens with zero attached hydrogens (tertiary/aromatic N) is 2. The standard InChI is InChI=1S/C29H33N3O6/c1-21(2)18-30-29(34)26(16-22-10-6-4-7-11-22)31(19-23-12-8-5-9-13-23)28(33)20-38-24-14-15-25(32(35)36)27(17-24)37-3/h4-15,17,21,26H,16,18-20H2,1-3H3,(H,30,34)/t26-/m0/s1. The van der Waals surface area contributed by atoms with Gasteiger partial charge in [0.25, 0.3) is 5.91 Å². The molecular formula is C29H33N3O6. The largest absolute Gasteiger partial charge is 0.490 e. The molecule has 1 N–H and O–H groups in total. The topological polar surface area (TPSA) is 111 Å². The molecule has 1 atom stereocenters. The van der Waals surface area contributed by atoms with Crippen molar-refractivity contribution in [2.75, 3.05) is 20.3 Å². The van der Waals surface area contributed by atoms with Crippen LogP contribution in [0.15, 0.2) is 78.9 Å². The fraction of sp³-hybridized carbons (Fsp3) is 0.310. The maximum atomic E-state index is 13.6. The second kappa shape index (κ2) is 13.8. The van der Waals surface area contributed by atoms with Crippen LogP contribution < -0.4 is 14.8 Å². The van der Waals surface area contributed by atoms with E-state index in [1.807, 2.05) is 74.5 Å². The van der Waals surface area contributed by atoms with Gasteiger partial charge in [-0.15, -0.1) is 0 Å². The van der Waals surface area contributed by atoms with E-state index in [0.29, 0.717) is 13.0 Å². The van der Waals surface area contributed by atoms with Gasteiger partial charge in [0.1, 0.15) is 11.8 Å². The molecule has 0 aliphatic carbocycles. The summed E-state index contributed by atoms with van der Waals surface area (Å²) in [6.45, 7) is 4.34. The van der Waals surface area contributed by atoms with Crippen molar-refractivity contribution >= 4 is 17.5 Å². The zero-order valence-corrected chi connectivity index (χ0v) is 21.8. The Bertz CT molecular complexity index is 1220. The number of benzene rings is 3. The summed E-state index contributed by atoms with van der Waals surface area (Å²) < 4.78 is 10.8. The number of hydrogen-bond acceptors (Lipinski definition) is 6. The van der Waals surface area contributed by atoms with E-state index >= 15 is 0 Å². The molecule has 9 heteroatoms. The molecule has 38 heavy (non-hydrogen) atoms. The normalized spacial score (nSPS) is 11.5. The molecule has 0 heterocycles. The van der Waals surface area contributed by atoms with Crippen molar-refractivity contribution in [1.82, 2.24) is 10.2 Å². The van der Waals surface area contributed by atoms with Crippen LogP contribution in [0.2, 0.25) is 0 Å². The Labute approximate surface area is 222 Å². The summed E-state index contributed by atoms with van der Waals surface area (Å²) in [6, 6.07) is 22.2. The van der Waals surface area contributed by atoms with Crippen LogP contribution >= 0.6 is 0 Å². The Morgan fingerprint density at radius 1 is 0.974 bits per heavy atom.